The van der Waals surface area contributed by atoms with Crippen molar-refractivity contribution in [3.05, 3.63) is 42.5 Å². The number of amides is 2. The smallest absolute Gasteiger partial charge is 0.315 e. The molecule has 1 saturated carbocycles. The topological polar surface area (TPSA) is 81.1 Å². The maximum Gasteiger partial charge on any atom is 0.315 e. The normalized spacial score (nSPS) is 21.6. The van der Waals surface area contributed by atoms with Gasteiger partial charge in [-0.15, -0.1) is 0 Å². The molecule has 2 amide bonds. The number of hydrogen-bond acceptors (Lipinski definition) is 4. The molecule has 1 aromatic heterocycles. The lowest BCUT2D eigenvalue weighted by molar-refractivity contribution is -0.0355. The maximum atomic E-state index is 12.5. The molecule has 2 aliphatic rings. The van der Waals surface area contributed by atoms with Gasteiger partial charge in [-0.3, -0.25) is 4.68 Å². The van der Waals surface area contributed by atoms with Crippen molar-refractivity contribution < 1.29 is 9.53 Å². The van der Waals surface area contributed by atoms with Crippen molar-refractivity contribution in [3.8, 4) is 5.75 Å². The molecule has 2 heterocycles. The van der Waals surface area contributed by atoms with Gasteiger partial charge in [0.1, 0.15) is 24.0 Å². The highest BCUT2D eigenvalue weighted by Gasteiger charge is 2.45. The summed E-state index contributed by atoms with van der Waals surface area (Å²) in [6.45, 7) is 2.54. The number of benzene rings is 1. The molecule has 1 aromatic carbocycles. The third-order valence-corrected chi connectivity index (χ3v) is 5.07. The van der Waals surface area contributed by atoms with Crippen LogP contribution < -0.4 is 15.4 Å². The molecule has 7 nitrogen and oxygen atoms in total. The lowest BCUT2D eigenvalue weighted by Gasteiger charge is -2.48. The number of nitrogens with one attached hydrogen (secondary N) is 2. The van der Waals surface area contributed by atoms with Gasteiger partial charge < -0.3 is 15.4 Å². The van der Waals surface area contributed by atoms with E-state index in [1.165, 1.54) is 12.7 Å². The van der Waals surface area contributed by atoms with Gasteiger partial charge in [0.05, 0.1) is 12.6 Å². The van der Waals surface area contributed by atoms with Crippen LogP contribution in [0.5, 0.6) is 5.75 Å². The molecule has 4 rings (SSSR count). The zero-order chi connectivity index (χ0) is 17.3. The van der Waals surface area contributed by atoms with Crippen LogP contribution in [0, 0.1) is 0 Å². The van der Waals surface area contributed by atoms with Gasteiger partial charge in [0.2, 0.25) is 0 Å². The van der Waals surface area contributed by atoms with Crippen LogP contribution in [-0.4, -0.2) is 32.4 Å². The minimum Gasteiger partial charge on any atom is -0.487 e. The predicted molar refractivity (Wildman–Crippen MR) is 92.2 cm³/mol. The van der Waals surface area contributed by atoms with Crippen molar-refractivity contribution in [2.75, 3.05) is 0 Å². The van der Waals surface area contributed by atoms with E-state index in [0.29, 0.717) is 6.54 Å². The molecule has 2 aromatic rings. The third kappa shape index (κ3) is 3.31. The number of hydrogen-bond donors (Lipinski definition) is 2. The van der Waals surface area contributed by atoms with Crippen LogP contribution in [0.4, 0.5) is 4.79 Å². The number of para-hydroxylation sites is 1. The van der Waals surface area contributed by atoms with Crippen LogP contribution >= 0.6 is 0 Å². The van der Waals surface area contributed by atoms with Crippen LogP contribution in [-0.2, 0) is 6.54 Å². The fourth-order valence-corrected chi connectivity index (χ4v) is 3.70. The number of urea groups is 1. The van der Waals surface area contributed by atoms with Crippen molar-refractivity contribution in [2.45, 2.75) is 56.8 Å². The molecule has 25 heavy (non-hydrogen) atoms. The van der Waals surface area contributed by atoms with E-state index in [9.17, 15) is 4.79 Å². The highest BCUT2D eigenvalue weighted by molar-refractivity contribution is 5.75. The summed E-state index contributed by atoms with van der Waals surface area (Å²) in [5.74, 6) is 0.898. The van der Waals surface area contributed by atoms with E-state index >= 15 is 0 Å². The number of nitrogens with zero attached hydrogens (tertiary/aromatic N) is 3. The first-order chi connectivity index (χ1) is 12.1. The van der Waals surface area contributed by atoms with Gasteiger partial charge in [-0.2, -0.15) is 5.10 Å². The van der Waals surface area contributed by atoms with Crippen molar-refractivity contribution in [1.29, 1.82) is 0 Å². The summed E-state index contributed by atoms with van der Waals surface area (Å²) in [6, 6.07) is 7.76. The molecule has 1 aliphatic carbocycles. The molecule has 1 aliphatic heterocycles. The monoisotopic (exact) mass is 341 g/mol. The number of ether oxygens (including phenoxy) is 1. The molecule has 132 valence electrons. The van der Waals surface area contributed by atoms with Gasteiger partial charge in [-0.05, 0) is 32.3 Å². The number of fused-ring (bicyclic) bond motifs is 1. The Bertz CT molecular complexity index is 742. The summed E-state index contributed by atoms with van der Waals surface area (Å²) in [7, 11) is 0. The van der Waals surface area contributed by atoms with Gasteiger partial charge in [0.15, 0.2) is 0 Å². The summed E-state index contributed by atoms with van der Waals surface area (Å²) in [5, 5.41) is 10.2. The van der Waals surface area contributed by atoms with Crippen LogP contribution in [0.15, 0.2) is 36.9 Å². The Morgan fingerprint density at radius 2 is 2.28 bits per heavy atom. The van der Waals surface area contributed by atoms with E-state index in [1.54, 1.807) is 11.0 Å². The highest BCUT2D eigenvalue weighted by Crippen LogP contribution is 2.48. The number of carbonyl (C=O) groups excluding carboxylic acids is 1. The molecule has 0 saturated heterocycles. The molecule has 0 radical (unpaired) electrons. The minimum atomic E-state index is -0.163. The Kier molecular flexibility index (Phi) is 4.07. The van der Waals surface area contributed by atoms with Crippen LogP contribution in [0.3, 0.4) is 0 Å². The van der Waals surface area contributed by atoms with Gasteiger partial charge >= 0.3 is 6.03 Å². The number of rotatable bonds is 4. The Morgan fingerprint density at radius 3 is 3.00 bits per heavy atom. The molecule has 1 fully saturated rings. The second-order valence-corrected chi connectivity index (χ2v) is 7.07. The predicted octanol–water partition coefficient (Wildman–Crippen LogP) is 2.41. The van der Waals surface area contributed by atoms with Crippen LogP contribution in [0.25, 0.3) is 0 Å². The highest BCUT2D eigenvalue weighted by atomic mass is 16.5. The Labute approximate surface area is 146 Å². The molecule has 1 spiro atoms. The average molecular weight is 341 g/mol. The van der Waals surface area contributed by atoms with Crippen LogP contribution in [0.2, 0.25) is 0 Å². The second-order valence-electron chi connectivity index (χ2n) is 7.07. The molecule has 7 heteroatoms. The quantitative estimate of drug-likeness (QED) is 0.895. The van der Waals surface area contributed by atoms with Crippen molar-refractivity contribution in [3.63, 3.8) is 0 Å². The molecule has 0 bridgehead atoms. The van der Waals surface area contributed by atoms with Crippen molar-refractivity contribution >= 4 is 6.03 Å². The lowest BCUT2D eigenvalue weighted by Crippen LogP contribution is -2.51. The van der Waals surface area contributed by atoms with Gasteiger partial charge in [0, 0.05) is 18.0 Å². The average Bonchev–Trinajstić information content (AvgIpc) is 3.05. The minimum absolute atomic E-state index is 0.0242. The first kappa shape index (κ1) is 15.9. The molecule has 2 N–H and O–H groups in total. The van der Waals surface area contributed by atoms with E-state index in [0.717, 1.165) is 30.6 Å². The zero-order valence-corrected chi connectivity index (χ0v) is 14.3. The van der Waals surface area contributed by atoms with E-state index in [4.69, 9.17) is 4.74 Å². The molecule has 0 unspecified atom stereocenters. The summed E-state index contributed by atoms with van der Waals surface area (Å²) < 4.78 is 7.93. The Morgan fingerprint density at radius 1 is 1.44 bits per heavy atom. The fraction of sp³-hybridized carbons (Fsp3) is 0.500. The summed E-state index contributed by atoms with van der Waals surface area (Å²) in [6.07, 6.45) is 7.27. The van der Waals surface area contributed by atoms with Crippen molar-refractivity contribution in [1.82, 2.24) is 25.4 Å². The van der Waals surface area contributed by atoms with E-state index in [1.807, 2.05) is 31.2 Å². The van der Waals surface area contributed by atoms with Gasteiger partial charge in [-0.25, -0.2) is 9.78 Å². The van der Waals surface area contributed by atoms with Crippen LogP contribution in [0.1, 0.15) is 44.2 Å². The van der Waals surface area contributed by atoms with Crippen molar-refractivity contribution in [2.24, 2.45) is 0 Å². The van der Waals surface area contributed by atoms with E-state index in [-0.39, 0.29) is 23.7 Å². The van der Waals surface area contributed by atoms with E-state index in [2.05, 4.69) is 20.7 Å². The fourth-order valence-electron chi connectivity index (χ4n) is 3.70. The third-order valence-electron chi connectivity index (χ3n) is 5.07. The second kappa shape index (κ2) is 6.38. The summed E-state index contributed by atoms with van der Waals surface area (Å²) >= 11 is 0. The Balaban J connectivity index is 1.41. The molecular formula is C18H23N5O2. The first-order valence-electron chi connectivity index (χ1n) is 8.81. The van der Waals surface area contributed by atoms with Gasteiger partial charge in [-0.1, -0.05) is 18.2 Å². The lowest BCUT2D eigenvalue weighted by atomic mass is 9.73. The van der Waals surface area contributed by atoms with Gasteiger partial charge in [0.25, 0.3) is 0 Å². The molecule has 2 atom stereocenters. The molecular weight excluding hydrogens is 318 g/mol. The summed E-state index contributed by atoms with van der Waals surface area (Å²) in [4.78, 5) is 16.4. The van der Waals surface area contributed by atoms with E-state index < -0.39 is 0 Å². The summed E-state index contributed by atoms with van der Waals surface area (Å²) in [5.41, 5.74) is 0.956. The maximum absolute atomic E-state index is 12.5. The number of aromatic nitrogens is 3. The zero-order valence-electron chi connectivity index (χ0n) is 14.3. The standard InChI is InChI=1S/C18H23N5O2/c1-13(10-23-12-19-11-20-23)21-17(24)22-15-9-18(7-4-8-18)25-16-6-3-2-5-14(15)16/h2-3,5-6,11-13,15H,4,7-10H2,1H3,(H2,21,22,24)/t13-,15+/m0/s1. The number of carbonyl (C=O) groups is 1. The largest absolute Gasteiger partial charge is 0.487 e. The Hall–Kier alpha value is -2.57. The SMILES string of the molecule is C[C@@H](Cn1cncn1)NC(=O)N[C@@H]1CC2(CCC2)Oc2ccccc21. The first-order valence-corrected chi connectivity index (χ1v) is 8.81.